The molecule has 1 aliphatic rings. The van der Waals surface area contributed by atoms with Gasteiger partial charge in [0.2, 0.25) is 21.9 Å². The number of nitrogens with one attached hydrogen (secondary N) is 2. The van der Waals surface area contributed by atoms with Gasteiger partial charge in [-0.3, -0.25) is 9.59 Å². The Labute approximate surface area is 221 Å². The lowest BCUT2D eigenvalue weighted by Crippen LogP contribution is -2.50. The van der Waals surface area contributed by atoms with E-state index in [1.807, 2.05) is 0 Å². The van der Waals surface area contributed by atoms with Crippen molar-refractivity contribution in [2.24, 2.45) is 0 Å². The van der Waals surface area contributed by atoms with Gasteiger partial charge in [-0.1, -0.05) is 12.1 Å². The van der Waals surface area contributed by atoms with E-state index >= 15 is 0 Å². The molecule has 0 saturated carbocycles. The zero-order chi connectivity index (χ0) is 27.1. The molecule has 1 fully saturated rings. The predicted molar refractivity (Wildman–Crippen MR) is 142 cm³/mol. The summed E-state index contributed by atoms with van der Waals surface area (Å²) in [6, 6.07) is 15.2. The smallest absolute Gasteiger partial charge is 0.253 e. The van der Waals surface area contributed by atoms with Crippen molar-refractivity contribution in [1.29, 1.82) is 0 Å². The zero-order valence-electron chi connectivity index (χ0n) is 21.3. The second-order valence-electron chi connectivity index (χ2n) is 8.68. The molecule has 2 amide bonds. The van der Waals surface area contributed by atoms with Crippen LogP contribution in [0.5, 0.6) is 0 Å². The number of aromatic nitrogens is 2. The molecule has 4 rings (SSSR count). The van der Waals surface area contributed by atoms with Gasteiger partial charge in [-0.25, -0.2) is 23.1 Å². The highest BCUT2D eigenvalue weighted by atomic mass is 32.2. The first kappa shape index (κ1) is 27.2. The van der Waals surface area contributed by atoms with E-state index in [-0.39, 0.29) is 29.9 Å². The summed E-state index contributed by atoms with van der Waals surface area (Å²) in [7, 11) is -2.12. The van der Waals surface area contributed by atoms with Crippen LogP contribution in [-0.4, -0.2) is 86.4 Å². The van der Waals surface area contributed by atoms with Crippen molar-refractivity contribution in [1.82, 2.24) is 24.5 Å². The summed E-state index contributed by atoms with van der Waals surface area (Å²) in [6.45, 7) is 4.11. The van der Waals surface area contributed by atoms with Crippen molar-refractivity contribution in [3.63, 3.8) is 0 Å². The quantitative estimate of drug-likeness (QED) is 0.396. The number of carbonyl (C=O) groups excluding carboxylic acids is 2. The maximum absolute atomic E-state index is 12.8. The topological polar surface area (TPSA) is 134 Å². The van der Waals surface area contributed by atoms with Crippen LogP contribution in [0.2, 0.25) is 0 Å². The molecule has 1 saturated heterocycles. The number of anilines is 2. The van der Waals surface area contributed by atoms with Crippen LogP contribution in [0.1, 0.15) is 17.3 Å². The van der Waals surface area contributed by atoms with Crippen LogP contribution in [-0.2, 0) is 19.6 Å². The number of hydrogen-bond acceptors (Lipinski definition) is 8. The van der Waals surface area contributed by atoms with Crippen LogP contribution in [0.15, 0.2) is 65.7 Å². The molecule has 2 N–H and O–H groups in total. The number of ether oxygens (including phenoxy) is 1. The number of piperazine rings is 1. The summed E-state index contributed by atoms with van der Waals surface area (Å²) in [6.07, 6.45) is 1.61. The summed E-state index contributed by atoms with van der Waals surface area (Å²) in [5.74, 6) is 0.312. The molecule has 12 heteroatoms. The van der Waals surface area contributed by atoms with Gasteiger partial charge in [-0.05, 0) is 42.5 Å². The maximum atomic E-state index is 12.8. The van der Waals surface area contributed by atoms with Crippen molar-refractivity contribution in [3.8, 4) is 11.3 Å². The number of amides is 2. The van der Waals surface area contributed by atoms with E-state index in [1.165, 1.54) is 26.2 Å². The van der Waals surface area contributed by atoms with Gasteiger partial charge in [-0.2, -0.15) is 0 Å². The van der Waals surface area contributed by atoms with Gasteiger partial charge >= 0.3 is 0 Å². The number of benzene rings is 2. The Bertz CT molecular complexity index is 1370. The fraction of sp³-hybridized carbons (Fsp3) is 0.308. The van der Waals surface area contributed by atoms with Crippen molar-refractivity contribution in [3.05, 3.63) is 66.4 Å². The Morgan fingerprint density at radius 3 is 2.24 bits per heavy atom. The third kappa shape index (κ3) is 6.71. The minimum absolute atomic E-state index is 0.0230. The number of sulfonamides is 1. The SMILES string of the molecule is COCCNS(=O)(=O)c1ccc(-c2ccnc(Nc3ccc(C(=O)N4CCN(C(C)=O)CC4)cc3)n2)cc1. The minimum atomic E-state index is -3.62. The highest BCUT2D eigenvalue weighted by molar-refractivity contribution is 7.89. The molecule has 38 heavy (non-hydrogen) atoms. The number of hydrogen-bond donors (Lipinski definition) is 2. The Morgan fingerprint density at radius 2 is 1.61 bits per heavy atom. The van der Waals surface area contributed by atoms with Crippen molar-refractivity contribution in [2.45, 2.75) is 11.8 Å². The number of nitrogens with zero attached hydrogens (tertiary/aromatic N) is 4. The second kappa shape index (κ2) is 12.1. The lowest BCUT2D eigenvalue weighted by molar-refractivity contribution is -0.130. The Hall–Kier alpha value is -3.87. The number of rotatable bonds is 9. The monoisotopic (exact) mass is 538 g/mol. The first-order chi connectivity index (χ1) is 18.3. The molecule has 0 atom stereocenters. The van der Waals surface area contributed by atoms with E-state index in [1.54, 1.807) is 58.5 Å². The normalized spacial score (nSPS) is 13.8. The van der Waals surface area contributed by atoms with Gasteiger partial charge in [0, 0.05) is 69.8 Å². The molecule has 0 spiro atoms. The largest absolute Gasteiger partial charge is 0.383 e. The van der Waals surface area contributed by atoms with Crippen molar-refractivity contribution >= 4 is 33.5 Å². The lowest BCUT2D eigenvalue weighted by Gasteiger charge is -2.34. The average Bonchev–Trinajstić information content (AvgIpc) is 2.93. The fourth-order valence-corrected chi connectivity index (χ4v) is 4.99. The molecule has 0 unspecified atom stereocenters. The molecule has 1 aromatic heterocycles. The summed E-state index contributed by atoms with van der Waals surface area (Å²) < 4.78 is 32.1. The number of carbonyl (C=O) groups is 2. The van der Waals surface area contributed by atoms with Crippen LogP contribution in [0.25, 0.3) is 11.3 Å². The minimum Gasteiger partial charge on any atom is -0.383 e. The van der Waals surface area contributed by atoms with Crippen LogP contribution < -0.4 is 10.0 Å². The van der Waals surface area contributed by atoms with Gasteiger partial charge in [-0.15, -0.1) is 0 Å². The van der Waals surface area contributed by atoms with Crippen LogP contribution in [0, 0.1) is 0 Å². The predicted octanol–water partition coefficient (Wildman–Crippen LogP) is 2.12. The highest BCUT2D eigenvalue weighted by Gasteiger charge is 2.23. The Kier molecular flexibility index (Phi) is 8.66. The van der Waals surface area contributed by atoms with E-state index in [2.05, 4.69) is 20.0 Å². The zero-order valence-corrected chi connectivity index (χ0v) is 22.1. The van der Waals surface area contributed by atoms with Crippen molar-refractivity contribution in [2.75, 3.05) is 51.8 Å². The molecule has 3 aromatic rings. The van der Waals surface area contributed by atoms with Crippen LogP contribution >= 0.6 is 0 Å². The third-order valence-corrected chi connectivity index (χ3v) is 7.59. The fourth-order valence-electron chi connectivity index (χ4n) is 3.98. The van der Waals surface area contributed by atoms with Crippen LogP contribution in [0.4, 0.5) is 11.6 Å². The molecule has 200 valence electrons. The van der Waals surface area contributed by atoms with Gasteiger partial charge in [0.15, 0.2) is 0 Å². The maximum Gasteiger partial charge on any atom is 0.253 e. The average molecular weight is 539 g/mol. The molecular formula is C26H30N6O5S. The summed E-state index contributed by atoms with van der Waals surface area (Å²) in [5.41, 5.74) is 2.63. The lowest BCUT2D eigenvalue weighted by atomic mass is 10.1. The van der Waals surface area contributed by atoms with E-state index in [0.29, 0.717) is 49.1 Å². The molecule has 1 aliphatic heterocycles. The molecule has 11 nitrogen and oxygen atoms in total. The summed E-state index contributed by atoms with van der Waals surface area (Å²) in [4.78, 5) is 36.8. The van der Waals surface area contributed by atoms with E-state index in [0.717, 1.165) is 5.56 Å². The molecule has 2 aromatic carbocycles. The van der Waals surface area contributed by atoms with E-state index in [4.69, 9.17) is 4.74 Å². The Balaban J connectivity index is 1.39. The van der Waals surface area contributed by atoms with E-state index < -0.39 is 10.0 Å². The van der Waals surface area contributed by atoms with Gasteiger partial charge in [0.05, 0.1) is 17.2 Å². The molecule has 0 bridgehead atoms. The van der Waals surface area contributed by atoms with Gasteiger partial charge in [0.1, 0.15) is 0 Å². The van der Waals surface area contributed by atoms with Crippen LogP contribution in [0.3, 0.4) is 0 Å². The van der Waals surface area contributed by atoms with Crippen molar-refractivity contribution < 1.29 is 22.7 Å². The Morgan fingerprint density at radius 1 is 0.947 bits per heavy atom. The third-order valence-electron chi connectivity index (χ3n) is 6.11. The molecule has 2 heterocycles. The standard InChI is InChI=1S/C26H30N6O5S/c1-19(33)31-14-16-32(17-15-31)25(34)21-3-7-22(8-4-21)29-26-27-12-11-24(30-26)20-5-9-23(10-6-20)38(35,36)28-13-18-37-2/h3-12,28H,13-18H2,1-2H3,(H,27,29,30). The molecule has 0 radical (unpaired) electrons. The van der Waals surface area contributed by atoms with Gasteiger partial charge in [0.25, 0.3) is 5.91 Å². The highest BCUT2D eigenvalue weighted by Crippen LogP contribution is 2.22. The first-order valence-corrected chi connectivity index (χ1v) is 13.6. The first-order valence-electron chi connectivity index (χ1n) is 12.1. The van der Waals surface area contributed by atoms with Gasteiger partial charge < -0.3 is 19.9 Å². The second-order valence-corrected chi connectivity index (χ2v) is 10.4. The number of methoxy groups -OCH3 is 1. The van der Waals surface area contributed by atoms with E-state index in [9.17, 15) is 18.0 Å². The molecular weight excluding hydrogens is 508 g/mol. The molecule has 0 aliphatic carbocycles. The summed E-state index contributed by atoms with van der Waals surface area (Å²) >= 11 is 0. The summed E-state index contributed by atoms with van der Waals surface area (Å²) in [5, 5.41) is 3.13.